The van der Waals surface area contributed by atoms with Crippen LogP contribution < -0.4 is 0 Å². The lowest BCUT2D eigenvalue weighted by atomic mass is 10.3. The normalized spacial score (nSPS) is 31.1. The van der Waals surface area contributed by atoms with E-state index in [-0.39, 0.29) is 12.7 Å². The van der Waals surface area contributed by atoms with Crippen molar-refractivity contribution in [1.29, 1.82) is 0 Å². The summed E-state index contributed by atoms with van der Waals surface area (Å²) in [7, 11) is 0. The minimum atomic E-state index is 0.208. The van der Waals surface area contributed by atoms with Crippen molar-refractivity contribution < 1.29 is 14.6 Å². The van der Waals surface area contributed by atoms with Crippen molar-refractivity contribution in [3.8, 4) is 0 Å². The molecule has 2 atom stereocenters. The molecule has 1 N–H and O–H groups in total. The summed E-state index contributed by atoms with van der Waals surface area (Å²) < 4.78 is 11.1. The molecule has 11 heavy (non-hydrogen) atoms. The maximum absolute atomic E-state index is 8.49. The van der Waals surface area contributed by atoms with Crippen LogP contribution in [0.5, 0.6) is 0 Å². The van der Waals surface area contributed by atoms with Crippen LogP contribution in [0.3, 0.4) is 0 Å². The zero-order valence-corrected chi connectivity index (χ0v) is 8.49. The first kappa shape index (κ1) is 9.70. The Morgan fingerprint density at radius 2 is 2.36 bits per heavy atom. The van der Waals surface area contributed by atoms with Crippen molar-refractivity contribution in [1.82, 2.24) is 0 Å². The molecule has 4 heteroatoms. The average molecular weight is 272 g/mol. The number of ether oxygens (including phenoxy) is 2. The molecule has 0 aliphatic carbocycles. The van der Waals surface area contributed by atoms with Crippen molar-refractivity contribution in [2.24, 2.45) is 0 Å². The lowest BCUT2D eigenvalue weighted by molar-refractivity contribution is 0.0380. The van der Waals surface area contributed by atoms with E-state index in [9.17, 15) is 0 Å². The first-order chi connectivity index (χ1) is 5.34. The number of hydrogen-bond donors (Lipinski definition) is 1. The van der Waals surface area contributed by atoms with Crippen LogP contribution in [-0.4, -0.2) is 41.6 Å². The molecule has 1 rings (SSSR count). The Morgan fingerprint density at radius 1 is 1.55 bits per heavy atom. The fourth-order valence-electron chi connectivity index (χ4n) is 0.960. The van der Waals surface area contributed by atoms with Crippen molar-refractivity contribution in [2.75, 3.05) is 26.4 Å². The van der Waals surface area contributed by atoms with Crippen molar-refractivity contribution in [3.05, 3.63) is 0 Å². The molecular formula is C7H13IO3. The molecule has 1 fully saturated rings. The topological polar surface area (TPSA) is 38.7 Å². The minimum Gasteiger partial charge on any atom is -0.396 e. The van der Waals surface area contributed by atoms with E-state index < -0.39 is 0 Å². The Bertz CT molecular complexity index is 110. The molecule has 0 bridgehead atoms. The third-order valence-corrected chi connectivity index (χ3v) is 2.76. The summed E-state index contributed by atoms with van der Waals surface area (Å²) in [5, 5.41) is 8.49. The quantitative estimate of drug-likeness (QED) is 0.462. The fraction of sp³-hybridized carbons (Fsp3) is 1.00. The molecule has 0 radical (unpaired) electrons. The summed E-state index contributed by atoms with van der Waals surface area (Å²) >= 11 is 2.33. The second-order valence-electron chi connectivity index (χ2n) is 2.54. The molecule has 3 nitrogen and oxygen atoms in total. The lowest BCUT2D eigenvalue weighted by Gasteiger charge is -2.12. The average Bonchev–Trinajstić information content (AvgIpc) is 2.37. The molecule has 1 saturated heterocycles. The Hall–Kier alpha value is 0.610. The van der Waals surface area contributed by atoms with Crippen LogP contribution in [0.25, 0.3) is 0 Å². The van der Waals surface area contributed by atoms with Crippen molar-refractivity contribution in [2.45, 2.75) is 16.4 Å². The summed E-state index contributed by atoms with van der Waals surface area (Å²) in [5.74, 6) is 0. The van der Waals surface area contributed by atoms with Gasteiger partial charge in [-0.3, -0.25) is 0 Å². The molecular weight excluding hydrogens is 259 g/mol. The summed E-state index contributed by atoms with van der Waals surface area (Å²) in [5.41, 5.74) is 0. The van der Waals surface area contributed by atoms with Gasteiger partial charge in [0.15, 0.2) is 0 Å². The second-order valence-corrected chi connectivity index (χ2v) is 4.14. The third-order valence-electron chi connectivity index (χ3n) is 1.60. The standard InChI is InChI=1S/C7H13IO3/c8-6-4-10-5-7(6)11-3-1-2-9/h6-7,9H,1-5H2/t6-,7-/m0/s1. The van der Waals surface area contributed by atoms with Gasteiger partial charge in [0.25, 0.3) is 0 Å². The highest BCUT2D eigenvalue weighted by Gasteiger charge is 2.25. The molecule has 0 saturated carbocycles. The van der Waals surface area contributed by atoms with Crippen LogP contribution in [0.4, 0.5) is 0 Å². The maximum Gasteiger partial charge on any atom is 0.0948 e. The van der Waals surface area contributed by atoms with Gasteiger partial charge in [-0.1, -0.05) is 22.6 Å². The molecule has 0 aromatic heterocycles. The molecule has 0 spiro atoms. The van der Waals surface area contributed by atoms with Gasteiger partial charge < -0.3 is 14.6 Å². The van der Waals surface area contributed by atoms with E-state index in [1.807, 2.05) is 0 Å². The Balaban J connectivity index is 2.05. The van der Waals surface area contributed by atoms with Gasteiger partial charge in [-0.2, -0.15) is 0 Å². The molecule has 0 unspecified atom stereocenters. The predicted octanol–water partition coefficient (Wildman–Crippen LogP) is 0.588. The number of aliphatic hydroxyl groups is 1. The summed E-state index contributed by atoms with van der Waals surface area (Å²) in [6, 6.07) is 0. The highest BCUT2D eigenvalue weighted by molar-refractivity contribution is 14.1. The smallest absolute Gasteiger partial charge is 0.0948 e. The molecule has 0 aromatic rings. The van der Waals surface area contributed by atoms with Gasteiger partial charge >= 0.3 is 0 Å². The third kappa shape index (κ3) is 3.23. The zero-order chi connectivity index (χ0) is 8.10. The molecule has 0 amide bonds. The van der Waals surface area contributed by atoms with E-state index in [1.165, 1.54) is 0 Å². The monoisotopic (exact) mass is 272 g/mol. The SMILES string of the molecule is OCCCO[C@H]1COC[C@@H]1I. The first-order valence-corrected chi connectivity index (χ1v) is 5.03. The van der Waals surface area contributed by atoms with Gasteiger partial charge in [-0.15, -0.1) is 0 Å². The van der Waals surface area contributed by atoms with E-state index >= 15 is 0 Å². The van der Waals surface area contributed by atoms with Gasteiger partial charge in [0.05, 0.1) is 23.2 Å². The maximum atomic E-state index is 8.49. The van der Waals surface area contributed by atoms with Crippen LogP contribution in [0.1, 0.15) is 6.42 Å². The van der Waals surface area contributed by atoms with Crippen LogP contribution in [0.15, 0.2) is 0 Å². The van der Waals surface area contributed by atoms with E-state index in [0.29, 0.717) is 17.1 Å². The summed E-state index contributed by atoms with van der Waals surface area (Å²) in [4.78, 5) is 0. The zero-order valence-electron chi connectivity index (χ0n) is 6.33. The first-order valence-electron chi connectivity index (χ1n) is 3.79. The molecule has 0 aromatic carbocycles. The molecule has 1 aliphatic rings. The lowest BCUT2D eigenvalue weighted by Crippen LogP contribution is -2.22. The predicted molar refractivity (Wildman–Crippen MR) is 50.1 cm³/mol. The van der Waals surface area contributed by atoms with Gasteiger partial charge in [-0.05, 0) is 6.42 Å². The number of halogens is 1. The molecule has 1 aliphatic heterocycles. The van der Waals surface area contributed by atoms with Crippen molar-refractivity contribution >= 4 is 22.6 Å². The number of hydrogen-bond acceptors (Lipinski definition) is 3. The van der Waals surface area contributed by atoms with Crippen molar-refractivity contribution in [3.63, 3.8) is 0 Å². The van der Waals surface area contributed by atoms with E-state index in [4.69, 9.17) is 14.6 Å². The van der Waals surface area contributed by atoms with E-state index in [0.717, 1.165) is 13.0 Å². The van der Waals surface area contributed by atoms with Gasteiger partial charge in [-0.25, -0.2) is 0 Å². The number of alkyl halides is 1. The van der Waals surface area contributed by atoms with Gasteiger partial charge in [0.2, 0.25) is 0 Å². The fourth-order valence-corrected chi connectivity index (χ4v) is 1.63. The highest BCUT2D eigenvalue weighted by atomic mass is 127. The van der Waals surface area contributed by atoms with Gasteiger partial charge in [0, 0.05) is 13.2 Å². The number of rotatable bonds is 4. The molecule has 66 valence electrons. The Kier molecular flexibility index (Phi) is 4.66. The Labute approximate surface area is 80.2 Å². The van der Waals surface area contributed by atoms with E-state index in [1.54, 1.807) is 0 Å². The number of aliphatic hydroxyl groups excluding tert-OH is 1. The van der Waals surface area contributed by atoms with E-state index in [2.05, 4.69) is 22.6 Å². The molecule has 1 heterocycles. The van der Waals surface area contributed by atoms with Crippen LogP contribution in [0.2, 0.25) is 0 Å². The Morgan fingerprint density at radius 3 is 2.91 bits per heavy atom. The summed E-state index contributed by atoms with van der Waals surface area (Å²) in [6.45, 7) is 2.35. The largest absolute Gasteiger partial charge is 0.396 e. The van der Waals surface area contributed by atoms with Crippen LogP contribution in [0, 0.1) is 0 Å². The summed E-state index contributed by atoms with van der Waals surface area (Å²) in [6.07, 6.45) is 0.960. The van der Waals surface area contributed by atoms with Crippen LogP contribution in [-0.2, 0) is 9.47 Å². The highest BCUT2D eigenvalue weighted by Crippen LogP contribution is 2.17. The minimum absolute atomic E-state index is 0.208. The van der Waals surface area contributed by atoms with Gasteiger partial charge in [0.1, 0.15) is 0 Å². The second kappa shape index (κ2) is 5.29. The van der Waals surface area contributed by atoms with Crippen LogP contribution >= 0.6 is 22.6 Å².